The quantitative estimate of drug-likeness (QED) is 0.685. The van der Waals surface area contributed by atoms with Gasteiger partial charge in [0.15, 0.2) is 0 Å². The van der Waals surface area contributed by atoms with E-state index in [9.17, 15) is 9.59 Å². The highest BCUT2D eigenvalue weighted by atomic mass is 16.5. The molecule has 110 valence electrons. The zero-order valence-electron chi connectivity index (χ0n) is 11.7. The van der Waals surface area contributed by atoms with Crippen molar-refractivity contribution in [3.8, 4) is 0 Å². The second-order valence-corrected chi connectivity index (χ2v) is 5.22. The van der Waals surface area contributed by atoms with Crippen molar-refractivity contribution in [3.05, 3.63) is 0 Å². The third-order valence-corrected chi connectivity index (χ3v) is 3.16. The predicted molar refractivity (Wildman–Crippen MR) is 71.0 cm³/mol. The number of carboxylic acids is 1. The monoisotopic (exact) mass is 272 g/mol. The standard InChI is InChI=1S/C13H24N2O4/c1-10(2)5-8-19-9-6-14-13(18)15-7-3-4-11(15)12(16)17/h10-11H,3-9H2,1-2H3,(H,14,18)(H,16,17)/t11-/m0/s1. The summed E-state index contributed by atoms with van der Waals surface area (Å²) >= 11 is 0. The molecule has 1 aliphatic heterocycles. The van der Waals surface area contributed by atoms with E-state index in [4.69, 9.17) is 9.84 Å². The Kier molecular flexibility index (Phi) is 6.62. The summed E-state index contributed by atoms with van der Waals surface area (Å²) in [5, 5.41) is 11.7. The van der Waals surface area contributed by atoms with Gasteiger partial charge >= 0.3 is 12.0 Å². The molecule has 0 saturated carbocycles. The van der Waals surface area contributed by atoms with E-state index in [1.165, 1.54) is 4.90 Å². The lowest BCUT2D eigenvalue weighted by Crippen LogP contribution is -2.46. The number of aliphatic carboxylic acids is 1. The van der Waals surface area contributed by atoms with Crippen molar-refractivity contribution in [1.82, 2.24) is 10.2 Å². The molecular weight excluding hydrogens is 248 g/mol. The van der Waals surface area contributed by atoms with E-state index in [0.29, 0.717) is 38.6 Å². The summed E-state index contributed by atoms with van der Waals surface area (Å²) in [7, 11) is 0. The van der Waals surface area contributed by atoms with Crippen LogP contribution in [0.4, 0.5) is 4.79 Å². The minimum atomic E-state index is -0.930. The number of carbonyl (C=O) groups is 2. The molecule has 19 heavy (non-hydrogen) atoms. The molecule has 0 bridgehead atoms. The van der Waals surface area contributed by atoms with Gasteiger partial charge in [-0.15, -0.1) is 0 Å². The lowest BCUT2D eigenvalue weighted by Gasteiger charge is -2.21. The minimum absolute atomic E-state index is 0.308. The smallest absolute Gasteiger partial charge is 0.326 e. The molecule has 2 amide bonds. The molecule has 0 unspecified atom stereocenters. The van der Waals surface area contributed by atoms with E-state index in [0.717, 1.165) is 12.8 Å². The van der Waals surface area contributed by atoms with Crippen molar-refractivity contribution in [2.45, 2.75) is 39.2 Å². The SMILES string of the molecule is CC(C)CCOCCNC(=O)N1CCC[C@H]1C(=O)O. The summed E-state index contributed by atoms with van der Waals surface area (Å²) in [6.07, 6.45) is 2.28. The Morgan fingerprint density at radius 1 is 1.42 bits per heavy atom. The van der Waals surface area contributed by atoms with Crippen LogP contribution in [0.1, 0.15) is 33.1 Å². The first kappa shape index (κ1) is 15.8. The Balaban J connectivity index is 2.15. The number of likely N-dealkylation sites (tertiary alicyclic amines) is 1. The fourth-order valence-corrected chi connectivity index (χ4v) is 2.02. The van der Waals surface area contributed by atoms with E-state index in [2.05, 4.69) is 19.2 Å². The van der Waals surface area contributed by atoms with Crippen LogP contribution in [-0.2, 0) is 9.53 Å². The number of urea groups is 1. The summed E-state index contributed by atoms with van der Waals surface area (Å²) in [5.41, 5.74) is 0. The van der Waals surface area contributed by atoms with Crippen LogP contribution in [0.2, 0.25) is 0 Å². The molecule has 0 aromatic rings. The first-order valence-electron chi connectivity index (χ1n) is 6.87. The van der Waals surface area contributed by atoms with Crippen LogP contribution >= 0.6 is 0 Å². The highest BCUT2D eigenvalue weighted by Gasteiger charge is 2.33. The molecule has 1 aliphatic rings. The third kappa shape index (κ3) is 5.46. The maximum Gasteiger partial charge on any atom is 0.326 e. The Hall–Kier alpha value is -1.30. The molecule has 2 N–H and O–H groups in total. The summed E-state index contributed by atoms with van der Waals surface area (Å²) in [6, 6.07) is -0.987. The minimum Gasteiger partial charge on any atom is -0.480 e. The molecule has 1 atom stereocenters. The van der Waals surface area contributed by atoms with Gasteiger partial charge in [0.25, 0.3) is 0 Å². The maximum atomic E-state index is 11.8. The zero-order valence-corrected chi connectivity index (χ0v) is 11.7. The predicted octanol–water partition coefficient (Wildman–Crippen LogP) is 1.31. The van der Waals surface area contributed by atoms with Gasteiger partial charge in [-0.2, -0.15) is 0 Å². The molecule has 0 aromatic carbocycles. The van der Waals surface area contributed by atoms with Gasteiger partial charge in [-0.3, -0.25) is 0 Å². The Morgan fingerprint density at radius 3 is 2.79 bits per heavy atom. The second-order valence-electron chi connectivity index (χ2n) is 5.22. The first-order valence-corrected chi connectivity index (χ1v) is 6.87. The van der Waals surface area contributed by atoms with E-state index in [1.807, 2.05) is 0 Å². The summed E-state index contributed by atoms with van der Waals surface area (Å²) in [5.74, 6) is -0.323. The highest BCUT2D eigenvalue weighted by Crippen LogP contribution is 2.17. The molecule has 1 heterocycles. The van der Waals surface area contributed by atoms with Gasteiger partial charge in [0.05, 0.1) is 6.61 Å². The average molecular weight is 272 g/mol. The molecule has 1 rings (SSSR count). The van der Waals surface area contributed by atoms with Gasteiger partial charge in [-0.05, 0) is 25.2 Å². The molecule has 0 aromatic heterocycles. The number of amides is 2. The van der Waals surface area contributed by atoms with Gasteiger partial charge in [0.1, 0.15) is 6.04 Å². The summed E-state index contributed by atoms with van der Waals surface area (Å²) in [4.78, 5) is 24.1. The molecule has 1 fully saturated rings. The van der Waals surface area contributed by atoms with E-state index in [-0.39, 0.29) is 6.03 Å². The molecule has 0 spiro atoms. The number of nitrogens with one attached hydrogen (secondary N) is 1. The molecule has 0 radical (unpaired) electrons. The van der Waals surface area contributed by atoms with Crippen LogP contribution in [0.25, 0.3) is 0 Å². The van der Waals surface area contributed by atoms with Crippen molar-refractivity contribution in [1.29, 1.82) is 0 Å². The third-order valence-electron chi connectivity index (χ3n) is 3.16. The zero-order chi connectivity index (χ0) is 14.3. The summed E-state index contributed by atoms with van der Waals surface area (Å²) < 4.78 is 5.38. The molecule has 6 heteroatoms. The summed E-state index contributed by atoms with van der Waals surface area (Å²) in [6.45, 7) is 6.34. The van der Waals surface area contributed by atoms with Crippen LogP contribution < -0.4 is 5.32 Å². The van der Waals surface area contributed by atoms with E-state index >= 15 is 0 Å². The number of carbonyl (C=O) groups excluding carboxylic acids is 1. The van der Waals surface area contributed by atoms with Crippen LogP contribution in [0.5, 0.6) is 0 Å². The first-order chi connectivity index (χ1) is 9.02. The number of nitrogens with zero attached hydrogens (tertiary/aromatic N) is 1. The maximum absolute atomic E-state index is 11.8. The normalized spacial score (nSPS) is 18.9. The molecule has 1 saturated heterocycles. The van der Waals surface area contributed by atoms with E-state index in [1.54, 1.807) is 0 Å². The van der Waals surface area contributed by atoms with Crippen molar-refractivity contribution in [2.75, 3.05) is 26.3 Å². The number of ether oxygens (including phenoxy) is 1. The van der Waals surface area contributed by atoms with E-state index < -0.39 is 12.0 Å². The van der Waals surface area contributed by atoms with Crippen LogP contribution in [0.3, 0.4) is 0 Å². The lowest BCUT2D eigenvalue weighted by molar-refractivity contribution is -0.141. The molecule has 6 nitrogen and oxygen atoms in total. The van der Waals surface area contributed by atoms with Gasteiger partial charge < -0.3 is 20.1 Å². The Labute approximate surface area is 114 Å². The largest absolute Gasteiger partial charge is 0.480 e. The Morgan fingerprint density at radius 2 is 2.16 bits per heavy atom. The van der Waals surface area contributed by atoms with Crippen LogP contribution in [-0.4, -0.2) is 54.4 Å². The van der Waals surface area contributed by atoms with Crippen molar-refractivity contribution < 1.29 is 19.4 Å². The number of rotatable bonds is 7. The van der Waals surface area contributed by atoms with Crippen molar-refractivity contribution in [2.24, 2.45) is 5.92 Å². The second kappa shape index (κ2) is 7.99. The van der Waals surface area contributed by atoms with Gasteiger partial charge in [0.2, 0.25) is 0 Å². The van der Waals surface area contributed by atoms with Gasteiger partial charge in [0, 0.05) is 19.7 Å². The van der Waals surface area contributed by atoms with Gasteiger partial charge in [-0.25, -0.2) is 9.59 Å². The number of hydrogen-bond donors (Lipinski definition) is 2. The number of hydrogen-bond acceptors (Lipinski definition) is 3. The fourth-order valence-electron chi connectivity index (χ4n) is 2.02. The van der Waals surface area contributed by atoms with Crippen LogP contribution in [0.15, 0.2) is 0 Å². The lowest BCUT2D eigenvalue weighted by atomic mass is 10.1. The van der Waals surface area contributed by atoms with Gasteiger partial charge in [-0.1, -0.05) is 13.8 Å². The highest BCUT2D eigenvalue weighted by molar-refractivity contribution is 5.83. The number of carboxylic acid groups (broad SMARTS) is 1. The molecular formula is C13H24N2O4. The molecule has 0 aliphatic carbocycles. The Bertz CT molecular complexity index is 307. The van der Waals surface area contributed by atoms with Crippen LogP contribution in [0, 0.1) is 5.92 Å². The topological polar surface area (TPSA) is 78.9 Å². The fraction of sp³-hybridized carbons (Fsp3) is 0.846. The average Bonchev–Trinajstić information content (AvgIpc) is 2.82. The van der Waals surface area contributed by atoms with Crippen molar-refractivity contribution in [3.63, 3.8) is 0 Å². The van der Waals surface area contributed by atoms with Crippen molar-refractivity contribution >= 4 is 12.0 Å².